The van der Waals surface area contributed by atoms with E-state index < -0.39 is 0 Å². The van der Waals surface area contributed by atoms with Crippen LogP contribution in [0.1, 0.15) is 25.0 Å². The van der Waals surface area contributed by atoms with Gasteiger partial charge in [0.25, 0.3) is 0 Å². The third kappa shape index (κ3) is 5.34. The van der Waals surface area contributed by atoms with Crippen LogP contribution >= 0.6 is 11.3 Å². The number of carbonyl (C=O) groups is 1. The summed E-state index contributed by atoms with van der Waals surface area (Å²) in [4.78, 5) is 23.9. The SMILES string of the molecule is COc1cccc(-c2nc(NC(=O)Nc3cccc(CN4CCCCC4)n3)cs2)c1. The largest absolute Gasteiger partial charge is 0.497 e. The molecule has 1 saturated heterocycles. The molecule has 0 spiro atoms. The number of likely N-dealkylation sites (tertiary alicyclic amines) is 1. The smallest absolute Gasteiger partial charge is 0.326 e. The van der Waals surface area contributed by atoms with Gasteiger partial charge < -0.3 is 4.74 Å². The van der Waals surface area contributed by atoms with Gasteiger partial charge in [-0.25, -0.2) is 14.8 Å². The van der Waals surface area contributed by atoms with Crippen LogP contribution in [0, 0.1) is 0 Å². The highest BCUT2D eigenvalue weighted by molar-refractivity contribution is 7.13. The molecule has 3 heterocycles. The average Bonchev–Trinajstić information content (AvgIpc) is 3.23. The highest BCUT2D eigenvalue weighted by Crippen LogP contribution is 2.28. The summed E-state index contributed by atoms with van der Waals surface area (Å²) in [5.41, 5.74) is 1.91. The number of anilines is 2. The first-order chi connectivity index (χ1) is 14.7. The standard InChI is InChI=1S/C22H25N5O2S/c1-29-18-9-5-7-16(13-18)21-24-20(15-30-21)26-22(28)25-19-10-6-8-17(23-19)14-27-11-3-2-4-12-27/h5-10,13,15H,2-4,11-12,14H2,1H3,(H2,23,25,26,28). The van der Waals surface area contributed by atoms with Gasteiger partial charge in [-0.15, -0.1) is 11.3 Å². The minimum absolute atomic E-state index is 0.361. The maximum absolute atomic E-state index is 12.4. The van der Waals surface area contributed by atoms with E-state index in [-0.39, 0.29) is 6.03 Å². The van der Waals surface area contributed by atoms with Crippen molar-refractivity contribution in [2.24, 2.45) is 0 Å². The molecule has 8 heteroatoms. The van der Waals surface area contributed by atoms with Gasteiger partial charge in [-0.1, -0.05) is 24.6 Å². The monoisotopic (exact) mass is 423 g/mol. The number of hydrogen-bond acceptors (Lipinski definition) is 6. The summed E-state index contributed by atoms with van der Waals surface area (Å²) in [7, 11) is 1.63. The second-order valence-electron chi connectivity index (χ2n) is 7.20. The van der Waals surface area contributed by atoms with Gasteiger partial charge in [-0.05, 0) is 50.2 Å². The Morgan fingerprint density at radius 2 is 1.87 bits per heavy atom. The van der Waals surface area contributed by atoms with Crippen molar-refractivity contribution < 1.29 is 9.53 Å². The highest BCUT2D eigenvalue weighted by atomic mass is 32.1. The molecular formula is C22H25N5O2S. The molecule has 0 radical (unpaired) electrons. The van der Waals surface area contributed by atoms with E-state index in [1.165, 1.54) is 30.6 Å². The fraction of sp³-hybridized carbons (Fsp3) is 0.318. The lowest BCUT2D eigenvalue weighted by atomic mass is 10.1. The lowest BCUT2D eigenvalue weighted by Crippen LogP contribution is -2.29. The van der Waals surface area contributed by atoms with Gasteiger partial charge in [0.2, 0.25) is 0 Å². The summed E-state index contributed by atoms with van der Waals surface area (Å²) < 4.78 is 5.26. The van der Waals surface area contributed by atoms with Gasteiger partial charge in [0.15, 0.2) is 0 Å². The fourth-order valence-electron chi connectivity index (χ4n) is 3.47. The number of pyridine rings is 1. The summed E-state index contributed by atoms with van der Waals surface area (Å²) in [5, 5.41) is 8.20. The van der Waals surface area contributed by atoms with Crippen molar-refractivity contribution in [2.75, 3.05) is 30.8 Å². The number of amides is 2. The molecule has 0 aliphatic carbocycles. The zero-order valence-electron chi connectivity index (χ0n) is 16.9. The molecule has 2 amide bonds. The molecule has 2 N–H and O–H groups in total. The van der Waals surface area contributed by atoms with Gasteiger partial charge in [-0.2, -0.15) is 0 Å². The second-order valence-corrected chi connectivity index (χ2v) is 8.06. The molecular weight excluding hydrogens is 398 g/mol. The molecule has 30 heavy (non-hydrogen) atoms. The van der Waals surface area contributed by atoms with Crippen LogP contribution in [0.5, 0.6) is 5.75 Å². The van der Waals surface area contributed by atoms with E-state index in [0.717, 1.165) is 41.6 Å². The zero-order valence-corrected chi connectivity index (χ0v) is 17.7. The van der Waals surface area contributed by atoms with Crippen molar-refractivity contribution in [3.8, 4) is 16.3 Å². The molecule has 156 valence electrons. The van der Waals surface area contributed by atoms with Crippen LogP contribution in [0.4, 0.5) is 16.4 Å². The van der Waals surface area contributed by atoms with Crippen molar-refractivity contribution in [1.82, 2.24) is 14.9 Å². The maximum Gasteiger partial charge on any atom is 0.326 e. The predicted molar refractivity (Wildman–Crippen MR) is 120 cm³/mol. The van der Waals surface area contributed by atoms with Crippen molar-refractivity contribution >= 4 is 29.0 Å². The van der Waals surface area contributed by atoms with E-state index in [4.69, 9.17) is 4.74 Å². The molecule has 0 saturated carbocycles. The van der Waals surface area contributed by atoms with Crippen molar-refractivity contribution in [1.29, 1.82) is 0 Å². The topological polar surface area (TPSA) is 79.4 Å². The molecule has 1 aliphatic heterocycles. The lowest BCUT2D eigenvalue weighted by molar-refractivity contribution is 0.218. The molecule has 7 nitrogen and oxygen atoms in total. The van der Waals surface area contributed by atoms with E-state index in [1.54, 1.807) is 13.2 Å². The molecule has 0 atom stereocenters. The number of ether oxygens (including phenoxy) is 1. The number of carbonyl (C=O) groups excluding carboxylic acids is 1. The van der Waals surface area contributed by atoms with Gasteiger partial charge in [0, 0.05) is 17.5 Å². The fourth-order valence-corrected chi connectivity index (χ4v) is 4.22. The summed E-state index contributed by atoms with van der Waals surface area (Å²) in [6.07, 6.45) is 3.79. The minimum Gasteiger partial charge on any atom is -0.497 e. The molecule has 1 aromatic carbocycles. The molecule has 2 aromatic heterocycles. The number of nitrogens with zero attached hydrogens (tertiary/aromatic N) is 3. The Balaban J connectivity index is 1.35. The number of aromatic nitrogens is 2. The van der Waals surface area contributed by atoms with E-state index in [2.05, 4.69) is 25.5 Å². The first-order valence-corrected chi connectivity index (χ1v) is 10.9. The van der Waals surface area contributed by atoms with E-state index in [0.29, 0.717) is 11.6 Å². The highest BCUT2D eigenvalue weighted by Gasteiger charge is 2.13. The zero-order chi connectivity index (χ0) is 20.8. The van der Waals surface area contributed by atoms with E-state index >= 15 is 0 Å². The van der Waals surface area contributed by atoms with E-state index in [9.17, 15) is 4.79 Å². The van der Waals surface area contributed by atoms with E-state index in [1.807, 2.05) is 41.8 Å². The number of rotatable bonds is 6. The number of thiazole rings is 1. The summed E-state index contributed by atoms with van der Waals surface area (Å²) in [6.45, 7) is 3.03. The number of nitrogens with one attached hydrogen (secondary N) is 2. The Morgan fingerprint density at radius 1 is 1.07 bits per heavy atom. The number of methoxy groups -OCH3 is 1. The normalized spacial score (nSPS) is 14.3. The van der Waals surface area contributed by atoms with Crippen LogP contribution in [0.25, 0.3) is 10.6 Å². The first-order valence-electron chi connectivity index (χ1n) is 10.1. The first kappa shape index (κ1) is 20.3. The van der Waals surface area contributed by atoms with Crippen molar-refractivity contribution in [2.45, 2.75) is 25.8 Å². The van der Waals surface area contributed by atoms with Gasteiger partial charge in [-0.3, -0.25) is 15.5 Å². The maximum atomic E-state index is 12.4. The van der Waals surface area contributed by atoms with Crippen LogP contribution in [0.3, 0.4) is 0 Å². The van der Waals surface area contributed by atoms with Gasteiger partial charge in [0.1, 0.15) is 22.4 Å². The molecule has 0 unspecified atom stereocenters. The quantitative estimate of drug-likeness (QED) is 0.593. The summed E-state index contributed by atoms with van der Waals surface area (Å²) >= 11 is 1.46. The number of urea groups is 1. The Hall–Kier alpha value is -2.97. The average molecular weight is 424 g/mol. The number of benzene rings is 1. The molecule has 1 fully saturated rings. The van der Waals surface area contributed by atoms with Gasteiger partial charge >= 0.3 is 6.03 Å². The third-order valence-electron chi connectivity index (χ3n) is 4.95. The molecule has 3 aromatic rings. The Labute approximate surface area is 180 Å². The van der Waals surface area contributed by atoms with Crippen molar-refractivity contribution in [3.63, 3.8) is 0 Å². The Morgan fingerprint density at radius 3 is 2.70 bits per heavy atom. The second kappa shape index (κ2) is 9.69. The number of piperidine rings is 1. The van der Waals surface area contributed by atoms with Gasteiger partial charge in [0.05, 0.1) is 12.8 Å². The molecule has 0 bridgehead atoms. The number of hydrogen-bond donors (Lipinski definition) is 2. The van der Waals surface area contributed by atoms with Crippen LogP contribution in [-0.4, -0.2) is 41.1 Å². The third-order valence-corrected chi connectivity index (χ3v) is 5.84. The predicted octanol–water partition coefficient (Wildman–Crippen LogP) is 4.84. The lowest BCUT2D eigenvalue weighted by Gasteiger charge is -2.26. The van der Waals surface area contributed by atoms with Crippen LogP contribution in [0.2, 0.25) is 0 Å². The van der Waals surface area contributed by atoms with Crippen LogP contribution in [0.15, 0.2) is 47.8 Å². The summed E-state index contributed by atoms with van der Waals surface area (Å²) in [6, 6.07) is 13.0. The Bertz CT molecular complexity index is 1000. The summed E-state index contributed by atoms with van der Waals surface area (Å²) in [5.74, 6) is 1.80. The van der Waals surface area contributed by atoms with Crippen molar-refractivity contribution in [3.05, 3.63) is 53.5 Å². The molecule has 1 aliphatic rings. The Kier molecular flexibility index (Phi) is 6.56. The minimum atomic E-state index is -0.361. The van der Waals surface area contributed by atoms with Crippen LogP contribution in [-0.2, 0) is 6.54 Å². The van der Waals surface area contributed by atoms with Crippen LogP contribution < -0.4 is 15.4 Å². The molecule has 4 rings (SSSR count).